The first-order valence-corrected chi connectivity index (χ1v) is 14.5. The summed E-state index contributed by atoms with van der Waals surface area (Å²) in [6, 6.07) is 7.15. The van der Waals surface area contributed by atoms with Gasteiger partial charge >= 0.3 is 0 Å². The number of H-pyrrole nitrogens is 1. The van der Waals surface area contributed by atoms with E-state index in [2.05, 4.69) is 15.3 Å². The number of hydrogen-bond acceptors (Lipinski definition) is 8. The number of likely N-dealkylation sites (tertiary alicyclic amines) is 1. The molecule has 1 aliphatic rings. The van der Waals surface area contributed by atoms with Gasteiger partial charge in [-0.2, -0.15) is 0 Å². The minimum Gasteiger partial charge on any atom is -0.376 e. The second-order valence-corrected chi connectivity index (χ2v) is 12.2. The summed E-state index contributed by atoms with van der Waals surface area (Å²) in [7, 11) is -3.01. The first kappa shape index (κ1) is 25.8. The molecular formula is C23H27ClN4O5S2. The predicted molar refractivity (Wildman–Crippen MR) is 137 cm³/mol. The van der Waals surface area contributed by atoms with Crippen molar-refractivity contribution in [3.8, 4) is 0 Å². The highest BCUT2D eigenvalue weighted by atomic mass is 35.5. The molecule has 35 heavy (non-hydrogen) atoms. The van der Waals surface area contributed by atoms with Gasteiger partial charge in [-0.25, -0.2) is 13.4 Å². The van der Waals surface area contributed by atoms with Crippen molar-refractivity contribution < 1.29 is 17.9 Å². The van der Waals surface area contributed by atoms with Crippen LogP contribution in [0.25, 0.3) is 10.2 Å². The van der Waals surface area contributed by atoms with E-state index in [1.54, 1.807) is 18.2 Å². The Balaban J connectivity index is 1.31. The fraction of sp³-hybridized carbons (Fsp3) is 0.435. The Morgan fingerprint density at radius 1 is 1.34 bits per heavy atom. The third-order valence-electron chi connectivity index (χ3n) is 5.81. The number of nitrogens with zero attached hydrogens (tertiary/aromatic N) is 2. The van der Waals surface area contributed by atoms with Gasteiger partial charge in [0.05, 0.1) is 12.0 Å². The molecule has 0 saturated carbocycles. The number of thiophene rings is 1. The number of sulfone groups is 1. The van der Waals surface area contributed by atoms with Gasteiger partial charge in [-0.05, 0) is 54.9 Å². The van der Waals surface area contributed by atoms with Crippen LogP contribution in [0.15, 0.2) is 34.4 Å². The molecule has 188 valence electrons. The van der Waals surface area contributed by atoms with Gasteiger partial charge in [-0.1, -0.05) is 23.7 Å². The molecule has 1 fully saturated rings. The fourth-order valence-electron chi connectivity index (χ4n) is 4.08. The molecule has 9 nitrogen and oxygen atoms in total. The van der Waals surface area contributed by atoms with Gasteiger partial charge in [0.1, 0.15) is 10.7 Å². The van der Waals surface area contributed by atoms with Gasteiger partial charge in [-0.3, -0.25) is 14.5 Å². The Morgan fingerprint density at radius 3 is 2.83 bits per heavy atom. The molecule has 3 aromatic rings. The minimum atomic E-state index is -3.01. The SMILES string of the molecule is CS(=O)(=O)CN1CCC(COCc2csc3nc(C(=O)NCc4cccc(Cl)c4)[nH]c(=O)c23)CC1. The zero-order valence-corrected chi connectivity index (χ0v) is 21.6. The quantitative estimate of drug-likeness (QED) is 0.429. The van der Waals surface area contributed by atoms with Crippen LogP contribution in [-0.2, 0) is 27.7 Å². The van der Waals surface area contributed by atoms with Gasteiger partial charge in [0, 0.05) is 30.0 Å². The third-order valence-corrected chi connectivity index (χ3v) is 7.80. The van der Waals surface area contributed by atoms with Crippen molar-refractivity contribution in [2.45, 2.75) is 26.0 Å². The van der Waals surface area contributed by atoms with E-state index in [9.17, 15) is 18.0 Å². The van der Waals surface area contributed by atoms with Gasteiger partial charge in [0.2, 0.25) is 5.82 Å². The maximum absolute atomic E-state index is 12.7. The van der Waals surface area contributed by atoms with Gasteiger partial charge in [0.15, 0.2) is 9.84 Å². The third kappa shape index (κ3) is 7.11. The summed E-state index contributed by atoms with van der Waals surface area (Å²) in [6.45, 7) is 2.54. The van der Waals surface area contributed by atoms with Crippen molar-refractivity contribution in [1.82, 2.24) is 20.2 Å². The van der Waals surface area contributed by atoms with E-state index in [1.807, 2.05) is 16.3 Å². The first-order chi connectivity index (χ1) is 16.7. The Kier molecular flexibility index (Phi) is 8.23. The molecule has 1 amide bonds. The van der Waals surface area contributed by atoms with E-state index in [-0.39, 0.29) is 30.4 Å². The summed E-state index contributed by atoms with van der Waals surface area (Å²) in [6.07, 6.45) is 2.99. The second kappa shape index (κ2) is 11.2. The Bertz CT molecular complexity index is 1360. The van der Waals surface area contributed by atoms with Crippen LogP contribution in [-0.4, -0.2) is 61.0 Å². The standard InChI is InChI=1S/C23H27ClN4O5S2/c1-35(31,32)14-28-7-5-15(6-8-28)11-33-12-17-13-34-23-19(17)21(29)26-20(27-23)22(30)25-10-16-3-2-4-18(24)9-16/h2-4,9,13,15H,5-8,10-12,14H2,1H3,(H,25,30)(H,26,27,29). The van der Waals surface area contributed by atoms with Crippen molar-refractivity contribution in [3.63, 3.8) is 0 Å². The molecule has 2 aromatic heterocycles. The number of carbonyl (C=O) groups is 1. The number of piperidine rings is 1. The van der Waals surface area contributed by atoms with E-state index in [0.29, 0.717) is 27.8 Å². The first-order valence-electron chi connectivity index (χ1n) is 11.2. The number of carbonyl (C=O) groups excluding carboxylic acids is 1. The molecule has 1 aliphatic heterocycles. The number of amides is 1. The lowest BCUT2D eigenvalue weighted by atomic mass is 9.98. The monoisotopic (exact) mass is 538 g/mol. The van der Waals surface area contributed by atoms with Crippen LogP contribution in [0.4, 0.5) is 0 Å². The van der Waals surface area contributed by atoms with Crippen molar-refractivity contribution in [1.29, 1.82) is 0 Å². The second-order valence-electron chi connectivity index (χ2n) is 8.80. The van der Waals surface area contributed by atoms with Crippen molar-refractivity contribution in [2.75, 3.05) is 31.8 Å². The Hall–Kier alpha value is -2.31. The normalized spacial score (nSPS) is 15.5. The number of benzene rings is 1. The molecule has 12 heteroatoms. The number of aromatic nitrogens is 2. The Morgan fingerprint density at radius 2 is 2.11 bits per heavy atom. The van der Waals surface area contributed by atoms with E-state index in [1.165, 1.54) is 17.6 Å². The molecule has 4 rings (SSSR count). The number of fused-ring (bicyclic) bond motifs is 1. The Labute approximate surface area is 212 Å². The summed E-state index contributed by atoms with van der Waals surface area (Å²) in [5.41, 5.74) is 1.20. The summed E-state index contributed by atoms with van der Waals surface area (Å²) in [5.74, 6) is -0.0725. The lowest BCUT2D eigenvalue weighted by Crippen LogP contribution is -2.38. The molecule has 0 unspecified atom stereocenters. The van der Waals surface area contributed by atoms with Crippen LogP contribution in [0.5, 0.6) is 0 Å². The minimum absolute atomic E-state index is 0.0419. The maximum Gasteiger partial charge on any atom is 0.287 e. The fourth-order valence-corrected chi connectivity index (χ4v) is 6.14. The number of halogens is 1. The number of aromatic amines is 1. The number of rotatable bonds is 9. The molecule has 0 atom stereocenters. The highest BCUT2D eigenvalue weighted by Gasteiger charge is 2.22. The highest BCUT2D eigenvalue weighted by molar-refractivity contribution is 7.90. The highest BCUT2D eigenvalue weighted by Crippen LogP contribution is 2.23. The van der Waals surface area contributed by atoms with Gasteiger partial charge < -0.3 is 15.0 Å². The summed E-state index contributed by atoms with van der Waals surface area (Å²) in [5, 5.41) is 5.58. The van der Waals surface area contributed by atoms with Crippen LogP contribution >= 0.6 is 22.9 Å². The lowest BCUT2D eigenvalue weighted by molar-refractivity contribution is 0.0616. The van der Waals surface area contributed by atoms with Crippen LogP contribution in [0.1, 0.15) is 34.6 Å². The molecule has 2 N–H and O–H groups in total. The molecule has 0 bridgehead atoms. The van der Waals surface area contributed by atoms with Crippen LogP contribution in [0.2, 0.25) is 5.02 Å². The summed E-state index contributed by atoms with van der Waals surface area (Å²) < 4.78 is 28.8. The number of nitrogens with one attached hydrogen (secondary N) is 2. The molecule has 3 heterocycles. The maximum atomic E-state index is 12.7. The molecule has 0 spiro atoms. The summed E-state index contributed by atoms with van der Waals surface area (Å²) >= 11 is 7.26. The van der Waals surface area contributed by atoms with Crippen LogP contribution in [0.3, 0.4) is 0 Å². The van der Waals surface area contributed by atoms with E-state index in [0.717, 1.165) is 37.1 Å². The zero-order chi connectivity index (χ0) is 25.0. The van der Waals surface area contributed by atoms with Gasteiger partial charge in [0.25, 0.3) is 11.5 Å². The van der Waals surface area contributed by atoms with Crippen LogP contribution in [0, 0.1) is 5.92 Å². The average molecular weight is 539 g/mol. The molecule has 0 radical (unpaired) electrons. The largest absolute Gasteiger partial charge is 0.376 e. The summed E-state index contributed by atoms with van der Waals surface area (Å²) in [4.78, 5) is 34.6. The average Bonchev–Trinajstić information content (AvgIpc) is 3.21. The number of ether oxygens (including phenoxy) is 1. The van der Waals surface area contributed by atoms with E-state index in [4.69, 9.17) is 16.3 Å². The van der Waals surface area contributed by atoms with Gasteiger partial charge in [-0.15, -0.1) is 11.3 Å². The molecule has 1 saturated heterocycles. The topological polar surface area (TPSA) is 121 Å². The predicted octanol–water partition coefficient (Wildman–Crippen LogP) is 2.80. The van der Waals surface area contributed by atoms with Crippen molar-refractivity contribution >= 4 is 48.9 Å². The van der Waals surface area contributed by atoms with Crippen molar-refractivity contribution in [2.24, 2.45) is 5.92 Å². The molecule has 1 aromatic carbocycles. The zero-order valence-electron chi connectivity index (χ0n) is 19.3. The van der Waals surface area contributed by atoms with Crippen LogP contribution < -0.4 is 10.9 Å². The number of hydrogen-bond donors (Lipinski definition) is 2. The van der Waals surface area contributed by atoms with E-state index >= 15 is 0 Å². The lowest BCUT2D eigenvalue weighted by Gasteiger charge is -2.31. The molecule has 0 aliphatic carbocycles. The molecular weight excluding hydrogens is 512 g/mol. The van der Waals surface area contributed by atoms with Crippen molar-refractivity contribution in [3.05, 3.63) is 62.0 Å². The van der Waals surface area contributed by atoms with E-state index < -0.39 is 15.7 Å². The smallest absolute Gasteiger partial charge is 0.287 e.